The van der Waals surface area contributed by atoms with Gasteiger partial charge in [0.05, 0.1) is 6.10 Å². The highest BCUT2D eigenvalue weighted by atomic mass is 16.5. The van der Waals surface area contributed by atoms with Crippen molar-refractivity contribution in [3.05, 3.63) is 41.6 Å². The van der Waals surface area contributed by atoms with E-state index in [0.717, 1.165) is 30.9 Å². The molecule has 1 saturated carbocycles. The molecule has 4 unspecified atom stereocenters. The van der Waals surface area contributed by atoms with Crippen LogP contribution in [-0.2, 0) is 4.74 Å². The van der Waals surface area contributed by atoms with Crippen LogP contribution in [0, 0.1) is 23.7 Å². The predicted octanol–water partition coefficient (Wildman–Crippen LogP) is 5.56. The molecule has 1 aromatic carbocycles. The molecule has 1 aromatic rings. The van der Waals surface area contributed by atoms with Gasteiger partial charge in [-0.05, 0) is 76.3 Å². The van der Waals surface area contributed by atoms with Crippen LogP contribution in [0.2, 0.25) is 0 Å². The van der Waals surface area contributed by atoms with Gasteiger partial charge in [0.25, 0.3) is 0 Å². The number of ether oxygens (including phenoxy) is 1. The lowest BCUT2D eigenvalue weighted by atomic mass is 9.95. The maximum absolute atomic E-state index is 5.78. The first-order chi connectivity index (χ1) is 13.8. The van der Waals surface area contributed by atoms with Crippen LogP contribution in [0.5, 0.6) is 0 Å². The number of hydrogen-bond acceptors (Lipinski definition) is 3. The fraction of sp³-hybridized carbons (Fsp3) is 0.615. The smallest absolute Gasteiger partial charge is 0.0611 e. The number of methoxy groups -OCH3 is 1. The van der Waals surface area contributed by atoms with Crippen molar-refractivity contribution < 1.29 is 4.74 Å². The Hall–Kier alpha value is -1.76. The number of hydrogen-bond donors (Lipinski definition) is 0. The van der Waals surface area contributed by atoms with Crippen LogP contribution in [0.1, 0.15) is 58.9 Å². The van der Waals surface area contributed by atoms with E-state index in [2.05, 4.69) is 93.9 Å². The summed E-state index contributed by atoms with van der Waals surface area (Å²) in [6, 6.07) is 9.08. The molecule has 0 N–H and O–H groups in total. The minimum absolute atomic E-state index is 0.376. The Morgan fingerprint density at radius 3 is 2.41 bits per heavy atom. The Kier molecular flexibility index (Phi) is 9.27. The minimum atomic E-state index is 0.376. The van der Waals surface area contributed by atoms with Gasteiger partial charge in [-0.25, -0.2) is 0 Å². The van der Waals surface area contributed by atoms with Gasteiger partial charge in [-0.2, -0.15) is 0 Å². The average molecular weight is 397 g/mol. The van der Waals surface area contributed by atoms with Gasteiger partial charge in [0, 0.05) is 50.6 Å². The molecule has 3 nitrogen and oxygen atoms in total. The lowest BCUT2D eigenvalue weighted by Gasteiger charge is -2.30. The molecule has 29 heavy (non-hydrogen) atoms. The lowest BCUT2D eigenvalue weighted by molar-refractivity contribution is 0.0366. The van der Waals surface area contributed by atoms with Crippen molar-refractivity contribution in [1.29, 1.82) is 0 Å². The molecule has 0 radical (unpaired) electrons. The summed E-state index contributed by atoms with van der Waals surface area (Å²) in [6.07, 6.45) is 7.07. The van der Waals surface area contributed by atoms with Gasteiger partial charge in [0.15, 0.2) is 0 Å². The monoisotopic (exact) mass is 396 g/mol. The maximum Gasteiger partial charge on any atom is 0.0611 e. The number of benzene rings is 1. The van der Waals surface area contributed by atoms with E-state index in [0.29, 0.717) is 18.1 Å². The Labute approximate surface area is 179 Å². The molecule has 0 amide bonds. The van der Waals surface area contributed by atoms with Crippen molar-refractivity contribution in [2.75, 3.05) is 32.6 Å². The maximum atomic E-state index is 5.78. The summed E-state index contributed by atoms with van der Waals surface area (Å²) in [6.45, 7) is 9.95. The Bertz CT molecular complexity index is 708. The molecule has 1 aliphatic carbocycles. The highest BCUT2D eigenvalue weighted by Gasteiger charge is 2.30. The van der Waals surface area contributed by atoms with Gasteiger partial charge >= 0.3 is 0 Å². The van der Waals surface area contributed by atoms with E-state index < -0.39 is 0 Å². The summed E-state index contributed by atoms with van der Waals surface area (Å²) in [5, 5.41) is 0. The normalized spacial score (nSPS) is 24.4. The van der Waals surface area contributed by atoms with E-state index in [9.17, 15) is 0 Å². The number of nitrogens with zero attached hydrogens (tertiary/aromatic N) is 2. The highest BCUT2D eigenvalue weighted by Crippen LogP contribution is 2.31. The zero-order chi connectivity index (χ0) is 21.4. The van der Waals surface area contributed by atoms with Crippen LogP contribution < -0.4 is 4.90 Å². The molecule has 0 heterocycles. The number of anilines is 1. The van der Waals surface area contributed by atoms with Crippen molar-refractivity contribution in [3.8, 4) is 11.8 Å². The van der Waals surface area contributed by atoms with Crippen LogP contribution in [-0.4, -0.2) is 44.8 Å². The first-order valence-electron chi connectivity index (χ1n) is 11.0. The first kappa shape index (κ1) is 23.5. The van der Waals surface area contributed by atoms with Crippen LogP contribution >= 0.6 is 0 Å². The SMILES string of the molecule is COC1CC(N(C)CCC#Cc2ccc(N(C)C=C(C)C)cc2)CC(C)CC1C. The highest BCUT2D eigenvalue weighted by molar-refractivity contribution is 5.52. The van der Waals surface area contributed by atoms with Gasteiger partial charge in [0.2, 0.25) is 0 Å². The topological polar surface area (TPSA) is 15.7 Å². The van der Waals surface area contributed by atoms with E-state index in [-0.39, 0.29) is 0 Å². The molecule has 4 atom stereocenters. The second-order valence-electron chi connectivity index (χ2n) is 9.11. The van der Waals surface area contributed by atoms with E-state index >= 15 is 0 Å². The fourth-order valence-corrected chi connectivity index (χ4v) is 4.45. The van der Waals surface area contributed by atoms with Crippen molar-refractivity contribution in [1.82, 2.24) is 4.90 Å². The van der Waals surface area contributed by atoms with E-state index in [1.807, 2.05) is 7.11 Å². The predicted molar refractivity (Wildman–Crippen MR) is 125 cm³/mol. The molecule has 0 aromatic heterocycles. The third-order valence-corrected chi connectivity index (χ3v) is 6.06. The summed E-state index contributed by atoms with van der Waals surface area (Å²) in [4.78, 5) is 4.64. The van der Waals surface area contributed by atoms with Crippen molar-refractivity contribution in [2.45, 2.75) is 65.5 Å². The van der Waals surface area contributed by atoms with Gasteiger partial charge in [-0.1, -0.05) is 31.3 Å². The number of rotatable bonds is 6. The molecule has 0 bridgehead atoms. The largest absolute Gasteiger partial charge is 0.381 e. The molecule has 0 saturated heterocycles. The van der Waals surface area contributed by atoms with Gasteiger partial charge in [0.1, 0.15) is 0 Å². The first-order valence-corrected chi connectivity index (χ1v) is 11.0. The Morgan fingerprint density at radius 1 is 1.10 bits per heavy atom. The van der Waals surface area contributed by atoms with Crippen molar-refractivity contribution >= 4 is 5.69 Å². The second kappa shape index (κ2) is 11.4. The summed E-state index contributed by atoms with van der Waals surface area (Å²) >= 11 is 0. The Balaban J connectivity index is 1.88. The molecule has 0 aliphatic heterocycles. The average Bonchev–Trinajstić information content (AvgIpc) is 2.82. The van der Waals surface area contributed by atoms with Crippen LogP contribution in [0.4, 0.5) is 5.69 Å². The third-order valence-electron chi connectivity index (χ3n) is 6.06. The third kappa shape index (κ3) is 7.53. The van der Waals surface area contributed by atoms with E-state index in [1.165, 1.54) is 24.1 Å². The van der Waals surface area contributed by atoms with Crippen molar-refractivity contribution in [3.63, 3.8) is 0 Å². The standard InChI is InChI=1S/C26H40N2O/c1-20(2)19-28(6)24-13-11-23(12-14-24)10-8-9-15-27(5)25-17-21(3)16-22(4)26(18-25)29-7/h11-14,19,21-22,25-26H,9,15-18H2,1-7H3. The summed E-state index contributed by atoms with van der Waals surface area (Å²) in [7, 11) is 6.19. The van der Waals surface area contributed by atoms with Crippen LogP contribution in [0.3, 0.4) is 0 Å². The fourth-order valence-electron chi connectivity index (χ4n) is 4.45. The zero-order valence-electron chi connectivity index (χ0n) is 19.5. The Morgan fingerprint density at radius 2 is 1.79 bits per heavy atom. The zero-order valence-corrected chi connectivity index (χ0v) is 19.5. The molecular weight excluding hydrogens is 356 g/mol. The molecule has 1 aliphatic rings. The summed E-state index contributed by atoms with van der Waals surface area (Å²) < 4.78 is 5.78. The summed E-state index contributed by atoms with van der Waals surface area (Å²) in [5.74, 6) is 8.09. The van der Waals surface area contributed by atoms with E-state index in [4.69, 9.17) is 4.74 Å². The molecule has 0 spiro atoms. The van der Waals surface area contributed by atoms with Gasteiger partial charge in [-0.15, -0.1) is 0 Å². The molecule has 1 fully saturated rings. The molecule has 2 rings (SSSR count). The van der Waals surface area contributed by atoms with E-state index in [1.54, 1.807) is 0 Å². The molecular formula is C26H40N2O. The second-order valence-corrected chi connectivity index (χ2v) is 9.11. The quantitative estimate of drug-likeness (QED) is 0.462. The number of allylic oxidation sites excluding steroid dienone is 1. The van der Waals surface area contributed by atoms with Gasteiger partial charge < -0.3 is 14.5 Å². The lowest BCUT2D eigenvalue weighted by Crippen LogP contribution is -2.36. The summed E-state index contributed by atoms with van der Waals surface area (Å²) in [5.41, 5.74) is 3.55. The van der Waals surface area contributed by atoms with Crippen LogP contribution in [0.15, 0.2) is 36.0 Å². The molecule has 3 heteroatoms. The van der Waals surface area contributed by atoms with Crippen molar-refractivity contribution in [2.24, 2.45) is 11.8 Å². The minimum Gasteiger partial charge on any atom is -0.381 e. The molecule has 160 valence electrons. The van der Waals surface area contributed by atoms with Crippen LogP contribution in [0.25, 0.3) is 0 Å². The van der Waals surface area contributed by atoms with Gasteiger partial charge in [-0.3, -0.25) is 0 Å².